The molecule has 1 saturated heterocycles. The number of carbonyl (C=O) groups is 3. The number of amides is 2. The minimum Gasteiger partial charge on any atom is -0.480 e. The van der Waals surface area contributed by atoms with Crippen LogP contribution in [0.5, 0.6) is 0 Å². The number of aliphatic carboxylic acids is 1. The molecule has 0 aromatic carbocycles. The molecule has 0 saturated carbocycles. The van der Waals surface area contributed by atoms with Crippen LogP contribution in [0.1, 0.15) is 12.8 Å². The Morgan fingerprint density at radius 3 is 2.73 bits per heavy atom. The van der Waals surface area contributed by atoms with Crippen LogP contribution in [0.2, 0.25) is 0 Å². The molecule has 1 aliphatic rings. The lowest BCUT2D eigenvalue weighted by Gasteiger charge is -2.15. The number of rotatable bonds is 4. The van der Waals surface area contributed by atoms with Gasteiger partial charge in [0.15, 0.2) is 0 Å². The lowest BCUT2D eigenvalue weighted by Crippen LogP contribution is -2.49. The molecule has 0 aromatic rings. The second kappa shape index (κ2) is 5.01. The standard InChI is InChI=1S/C8H12N2O4S/c11-6-2-1-4(9-6)7(12)10-5(3-15)8(13)14/h4-5,15H,1-3H2,(H,9,11)(H,10,12)(H,13,14). The number of carboxylic acids is 1. The molecule has 1 heterocycles. The van der Waals surface area contributed by atoms with Crippen molar-refractivity contribution in [3.63, 3.8) is 0 Å². The van der Waals surface area contributed by atoms with Crippen molar-refractivity contribution >= 4 is 30.4 Å². The summed E-state index contributed by atoms with van der Waals surface area (Å²) in [5, 5.41) is 13.4. The minimum atomic E-state index is -1.14. The predicted molar refractivity (Wildman–Crippen MR) is 54.6 cm³/mol. The van der Waals surface area contributed by atoms with Gasteiger partial charge in [0.05, 0.1) is 0 Å². The summed E-state index contributed by atoms with van der Waals surface area (Å²) in [6, 6.07) is -1.63. The van der Waals surface area contributed by atoms with Crippen LogP contribution in [0.15, 0.2) is 0 Å². The van der Waals surface area contributed by atoms with Gasteiger partial charge in [-0.05, 0) is 6.42 Å². The number of carbonyl (C=O) groups excluding carboxylic acids is 2. The fourth-order valence-corrected chi connectivity index (χ4v) is 1.52. The molecule has 0 spiro atoms. The van der Waals surface area contributed by atoms with Crippen LogP contribution in [0, 0.1) is 0 Å². The summed E-state index contributed by atoms with van der Waals surface area (Å²) in [7, 11) is 0. The number of carboxylic acid groups (broad SMARTS) is 1. The van der Waals surface area contributed by atoms with E-state index in [4.69, 9.17) is 5.11 Å². The first-order valence-electron chi connectivity index (χ1n) is 4.48. The van der Waals surface area contributed by atoms with Gasteiger partial charge in [-0.3, -0.25) is 9.59 Å². The average molecular weight is 232 g/mol. The van der Waals surface area contributed by atoms with E-state index < -0.39 is 24.0 Å². The Bertz CT molecular complexity index is 294. The van der Waals surface area contributed by atoms with Crippen LogP contribution in [-0.2, 0) is 14.4 Å². The Morgan fingerprint density at radius 1 is 1.67 bits per heavy atom. The molecule has 15 heavy (non-hydrogen) atoms. The zero-order chi connectivity index (χ0) is 11.4. The van der Waals surface area contributed by atoms with Crippen molar-refractivity contribution < 1.29 is 19.5 Å². The molecule has 2 atom stereocenters. The Hall–Kier alpha value is -1.24. The van der Waals surface area contributed by atoms with Crippen molar-refractivity contribution in [1.82, 2.24) is 10.6 Å². The lowest BCUT2D eigenvalue weighted by atomic mass is 10.2. The zero-order valence-corrected chi connectivity index (χ0v) is 8.79. The topological polar surface area (TPSA) is 95.5 Å². The molecule has 84 valence electrons. The molecule has 2 amide bonds. The number of hydrogen-bond donors (Lipinski definition) is 4. The van der Waals surface area contributed by atoms with E-state index in [-0.39, 0.29) is 11.7 Å². The SMILES string of the molecule is O=C1CCC(C(=O)NC(CS)C(=O)O)N1. The van der Waals surface area contributed by atoms with Crippen LogP contribution >= 0.6 is 12.6 Å². The fourth-order valence-electron chi connectivity index (χ4n) is 1.27. The number of thiol groups is 1. The third-order valence-electron chi connectivity index (χ3n) is 2.11. The summed E-state index contributed by atoms with van der Waals surface area (Å²) in [5.74, 6) is -1.78. The van der Waals surface area contributed by atoms with Crippen molar-refractivity contribution in [3.8, 4) is 0 Å². The maximum Gasteiger partial charge on any atom is 0.327 e. The Balaban J connectivity index is 2.47. The largest absolute Gasteiger partial charge is 0.480 e. The summed E-state index contributed by atoms with van der Waals surface area (Å²) in [6.45, 7) is 0. The van der Waals surface area contributed by atoms with Gasteiger partial charge in [-0.2, -0.15) is 12.6 Å². The van der Waals surface area contributed by atoms with E-state index in [1.807, 2.05) is 0 Å². The number of hydrogen-bond acceptors (Lipinski definition) is 4. The molecule has 0 aliphatic carbocycles. The normalized spacial score (nSPS) is 21.9. The Kier molecular flexibility index (Phi) is 3.96. The van der Waals surface area contributed by atoms with Gasteiger partial charge in [-0.1, -0.05) is 0 Å². The molecule has 6 nitrogen and oxygen atoms in total. The molecule has 7 heteroatoms. The smallest absolute Gasteiger partial charge is 0.327 e. The molecule has 2 unspecified atom stereocenters. The molecule has 1 aliphatic heterocycles. The monoisotopic (exact) mass is 232 g/mol. The third kappa shape index (κ3) is 3.12. The van der Waals surface area contributed by atoms with Gasteiger partial charge in [-0.15, -0.1) is 0 Å². The predicted octanol–water partition coefficient (Wildman–Crippen LogP) is -1.24. The van der Waals surface area contributed by atoms with Crippen LogP contribution < -0.4 is 10.6 Å². The highest BCUT2D eigenvalue weighted by Crippen LogP contribution is 2.06. The second-order valence-electron chi connectivity index (χ2n) is 3.24. The van der Waals surface area contributed by atoms with Crippen LogP contribution in [0.25, 0.3) is 0 Å². The van der Waals surface area contributed by atoms with Crippen LogP contribution in [0.4, 0.5) is 0 Å². The van der Waals surface area contributed by atoms with Crippen molar-refractivity contribution in [2.24, 2.45) is 0 Å². The van der Waals surface area contributed by atoms with Crippen molar-refractivity contribution in [1.29, 1.82) is 0 Å². The van der Waals surface area contributed by atoms with E-state index in [1.54, 1.807) is 0 Å². The third-order valence-corrected chi connectivity index (χ3v) is 2.47. The highest BCUT2D eigenvalue weighted by molar-refractivity contribution is 7.80. The maximum absolute atomic E-state index is 11.4. The van der Waals surface area contributed by atoms with Gasteiger partial charge in [0.1, 0.15) is 12.1 Å². The summed E-state index contributed by atoms with van der Waals surface area (Å²) in [5.41, 5.74) is 0. The first kappa shape index (κ1) is 11.8. The molecule has 1 rings (SSSR count). The number of nitrogens with one attached hydrogen (secondary N) is 2. The van der Waals surface area contributed by atoms with Gasteiger partial charge in [0, 0.05) is 12.2 Å². The molecule has 3 N–H and O–H groups in total. The molecule has 0 bridgehead atoms. The van der Waals surface area contributed by atoms with E-state index in [0.717, 1.165) is 0 Å². The maximum atomic E-state index is 11.4. The van der Waals surface area contributed by atoms with E-state index in [1.165, 1.54) is 0 Å². The van der Waals surface area contributed by atoms with Gasteiger partial charge in [0.2, 0.25) is 11.8 Å². The fraction of sp³-hybridized carbons (Fsp3) is 0.625. The van der Waals surface area contributed by atoms with Crippen LogP contribution in [-0.4, -0.2) is 40.7 Å². The quantitative estimate of drug-likeness (QED) is 0.456. The van der Waals surface area contributed by atoms with Crippen molar-refractivity contribution in [2.75, 3.05) is 5.75 Å². The zero-order valence-electron chi connectivity index (χ0n) is 7.90. The van der Waals surface area contributed by atoms with Gasteiger partial charge >= 0.3 is 5.97 Å². The molecule has 0 radical (unpaired) electrons. The van der Waals surface area contributed by atoms with E-state index >= 15 is 0 Å². The van der Waals surface area contributed by atoms with Gasteiger partial charge in [-0.25, -0.2) is 4.79 Å². The summed E-state index contributed by atoms with van der Waals surface area (Å²) in [6.07, 6.45) is 0.709. The van der Waals surface area contributed by atoms with E-state index in [9.17, 15) is 14.4 Å². The highest BCUT2D eigenvalue weighted by Gasteiger charge is 2.29. The molecular weight excluding hydrogens is 220 g/mol. The average Bonchev–Trinajstić information content (AvgIpc) is 2.60. The Labute approximate surface area is 91.8 Å². The van der Waals surface area contributed by atoms with Crippen LogP contribution in [0.3, 0.4) is 0 Å². The first-order valence-corrected chi connectivity index (χ1v) is 5.11. The molecule has 0 aromatic heterocycles. The second-order valence-corrected chi connectivity index (χ2v) is 3.61. The van der Waals surface area contributed by atoms with E-state index in [2.05, 4.69) is 23.3 Å². The highest BCUT2D eigenvalue weighted by atomic mass is 32.1. The van der Waals surface area contributed by atoms with Crippen molar-refractivity contribution in [2.45, 2.75) is 24.9 Å². The minimum absolute atomic E-state index is 0.0156. The Morgan fingerprint density at radius 2 is 2.33 bits per heavy atom. The molecule has 1 fully saturated rings. The summed E-state index contributed by atoms with van der Waals surface area (Å²) < 4.78 is 0. The molecular formula is C8H12N2O4S. The van der Waals surface area contributed by atoms with Gasteiger partial charge < -0.3 is 15.7 Å². The van der Waals surface area contributed by atoms with Gasteiger partial charge in [0.25, 0.3) is 0 Å². The lowest BCUT2D eigenvalue weighted by molar-refractivity contribution is -0.141. The van der Waals surface area contributed by atoms with Crippen molar-refractivity contribution in [3.05, 3.63) is 0 Å². The first-order chi connectivity index (χ1) is 7.04. The summed E-state index contributed by atoms with van der Waals surface area (Å²) >= 11 is 3.81. The summed E-state index contributed by atoms with van der Waals surface area (Å²) in [4.78, 5) is 32.9. The van der Waals surface area contributed by atoms with E-state index in [0.29, 0.717) is 12.8 Å².